The number of ether oxygens (including phenoxy) is 2. The molecule has 3 rings (SSSR count). The Morgan fingerprint density at radius 3 is 2.38 bits per heavy atom. The fourth-order valence-corrected chi connectivity index (χ4v) is 3.00. The molecule has 1 saturated heterocycles. The summed E-state index contributed by atoms with van der Waals surface area (Å²) in [5.74, 6) is 0.273. The predicted octanol–water partition coefficient (Wildman–Crippen LogP) is 3.65. The number of aromatic nitrogens is 3. The molecule has 1 aromatic carbocycles. The minimum atomic E-state index is -0.568. The van der Waals surface area contributed by atoms with Crippen molar-refractivity contribution in [3.8, 4) is 0 Å². The van der Waals surface area contributed by atoms with E-state index in [-0.39, 0.29) is 12.0 Å². The van der Waals surface area contributed by atoms with Crippen molar-refractivity contribution in [3.05, 3.63) is 18.2 Å². The molecule has 0 atom stereocenters. The number of hydrogen-bond donors (Lipinski definition) is 1. The molecule has 0 saturated carbocycles. The highest BCUT2D eigenvalue weighted by Crippen LogP contribution is 2.24. The second-order valence-corrected chi connectivity index (χ2v) is 9.35. The van der Waals surface area contributed by atoms with E-state index < -0.39 is 17.3 Å². The third-order valence-electron chi connectivity index (χ3n) is 4.20. The van der Waals surface area contributed by atoms with E-state index in [1.54, 1.807) is 21.7 Å². The normalized spacial score (nSPS) is 15.2. The molecule has 1 fully saturated rings. The summed E-state index contributed by atoms with van der Waals surface area (Å²) < 4.78 is 12.5. The molecule has 158 valence electrons. The lowest BCUT2D eigenvalue weighted by Gasteiger charge is -2.39. The number of likely N-dealkylation sites (tertiary alicyclic amines) is 1. The Bertz CT molecular complexity index is 904. The van der Waals surface area contributed by atoms with Crippen LogP contribution in [0.15, 0.2) is 18.2 Å². The van der Waals surface area contributed by atoms with Crippen LogP contribution in [0.2, 0.25) is 0 Å². The Kier molecular flexibility index (Phi) is 5.42. The first-order chi connectivity index (χ1) is 13.4. The summed E-state index contributed by atoms with van der Waals surface area (Å²) in [4.78, 5) is 25.7. The van der Waals surface area contributed by atoms with Gasteiger partial charge in [0.2, 0.25) is 0 Å². The zero-order valence-corrected chi connectivity index (χ0v) is 17.9. The average Bonchev–Trinajstić information content (AvgIpc) is 2.88. The molecule has 0 unspecified atom stereocenters. The summed E-state index contributed by atoms with van der Waals surface area (Å²) in [5, 5.41) is 11.1. The van der Waals surface area contributed by atoms with Crippen LogP contribution in [-0.4, -0.2) is 56.4 Å². The second kappa shape index (κ2) is 7.53. The third-order valence-corrected chi connectivity index (χ3v) is 4.20. The van der Waals surface area contributed by atoms with E-state index in [9.17, 15) is 9.59 Å². The molecule has 1 aliphatic rings. The van der Waals surface area contributed by atoms with E-state index in [4.69, 9.17) is 9.47 Å². The smallest absolute Gasteiger partial charge is 0.412 e. The van der Waals surface area contributed by atoms with Crippen LogP contribution in [0.3, 0.4) is 0 Å². The molecule has 0 radical (unpaired) electrons. The molecule has 1 aliphatic heterocycles. The quantitative estimate of drug-likeness (QED) is 0.840. The van der Waals surface area contributed by atoms with Crippen LogP contribution in [0.1, 0.15) is 41.5 Å². The van der Waals surface area contributed by atoms with Gasteiger partial charge in [-0.15, -0.1) is 5.10 Å². The molecule has 1 aromatic heterocycles. The zero-order valence-electron chi connectivity index (χ0n) is 17.9. The van der Waals surface area contributed by atoms with Crippen molar-refractivity contribution in [3.63, 3.8) is 0 Å². The molecule has 2 aromatic rings. The van der Waals surface area contributed by atoms with Crippen LogP contribution >= 0.6 is 0 Å². The van der Waals surface area contributed by atoms with Gasteiger partial charge in [-0.3, -0.25) is 5.32 Å². The lowest BCUT2D eigenvalue weighted by molar-refractivity contribution is -0.00372. The van der Waals surface area contributed by atoms with Crippen LogP contribution in [0, 0.1) is 5.92 Å². The van der Waals surface area contributed by atoms with E-state index in [0.717, 1.165) is 11.0 Å². The average molecular weight is 403 g/mol. The summed E-state index contributed by atoms with van der Waals surface area (Å²) in [6.07, 6.45) is -0.802. The Balaban J connectivity index is 1.61. The van der Waals surface area contributed by atoms with Crippen molar-refractivity contribution in [2.75, 3.05) is 18.4 Å². The van der Waals surface area contributed by atoms with E-state index in [1.807, 2.05) is 47.6 Å². The molecule has 2 heterocycles. The van der Waals surface area contributed by atoms with Gasteiger partial charge in [0, 0.05) is 31.2 Å². The topological polar surface area (TPSA) is 98.6 Å². The van der Waals surface area contributed by atoms with Gasteiger partial charge in [0.25, 0.3) is 0 Å². The highest BCUT2D eigenvalue weighted by atomic mass is 16.6. The molecular formula is C20H29N5O4. The zero-order chi connectivity index (χ0) is 21.4. The number of amides is 2. The van der Waals surface area contributed by atoms with Gasteiger partial charge >= 0.3 is 12.2 Å². The number of benzene rings is 1. The monoisotopic (exact) mass is 403 g/mol. The maximum atomic E-state index is 12.1. The molecule has 29 heavy (non-hydrogen) atoms. The minimum absolute atomic E-state index is 0.273. The van der Waals surface area contributed by atoms with Crippen LogP contribution in [0.5, 0.6) is 0 Å². The molecule has 9 heteroatoms. The molecule has 0 aliphatic carbocycles. The van der Waals surface area contributed by atoms with Crippen molar-refractivity contribution in [1.29, 1.82) is 0 Å². The number of nitrogens with zero attached hydrogens (tertiary/aromatic N) is 4. The summed E-state index contributed by atoms with van der Waals surface area (Å²) >= 11 is 0. The summed E-state index contributed by atoms with van der Waals surface area (Å²) in [5.41, 5.74) is 1.10. The van der Waals surface area contributed by atoms with Gasteiger partial charge in [0.15, 0.2) is 0 Å². The highest BCUT2D eigenvalue weighted by Gasteiger charge is 2.34. The van der Waals surface area contributed by atoms with Gasteiger partial charge in [-0.05, 0) is 59.7 Å². The summed E-state index contributed by atoms with van der Waals surface area (Å²) in [6.45, 7) is 12.9. The molecule has 2 amide bonds. The van der Waals surface area contributed by atoms with E-state index in [0.29, 0.717) is 25.3 Å². The first kappa shape index (κ1) is 20.9. The van der Waals surface area contributed by atoms with Gasteiger partial charge < -0.3 is 14.4 Å². The number of fused-ring (bicyclic) bond motifs is 1. The number of hydrogen-bond acceptors (Lipinski definition) is 6. The number of nitrogens with one attached hydrogen (secondary N) is 1. The molecule has 0 spiro atoms. The van der Waals surface area contributed by atoms with Crippen molar-refractivity contribution in [2.24, 2.45) is 5.92 Å². The fraction of sp³-hybridized carbons (Fsp3) is 0.600. The Morgan fingerprint density at radius 1 is 1.10 bits per heavy atom. The third kappa shape index (κ3) is 5.58. The minimum Gasteiger partial charge on any atom is -0.444 e. The fourth-order valence-electron chi connectivity index (χ4n) is 3.00. The van der Waals surface area contributed by atoms with Crippen LogP contribution < -0.4 is 5.32 Å². The summed E-state index contributed by atoms with van der Waals surface area (Å²) in [6, 6.07) is 5.39. The predicted molar refractivity (Wildman–Crippen MR) is 109 cm³/mol. The van der Waals surface area contributed by atoms with E-state index >= 15 is 0 Å². The van der Waals surface area contributed by atoms with Crippen LogP contribution in [0.25, 0.3) is 11.0 Å². The van der Waals surface area contributed by atoms with Crippen molar-refractivity contribution < 1.29 is 19.1 Å². The molecule has 1 N–H and O–H groups in total. The molecule has 0 bridgehead atoms. The largest absolute Gasteiger partial charge is 0.444 e. The van der Waals surface area contributed by atoms with Gasteiger partial charge in [-0.1, -0.05) is 5.21 Å². The SMILES string of the molecule is CC(C)(C)OC(=O)Nc1ccc2nnn(CC3CN(C(=O)OC(C)(C)C)C3)c2c1. The number of carbonyl (C=O) groups is 2. The highest BCUT2D eigenvalue weighted by molar-refractivity contribution is 5.88. The standard InChI is InChI=1S/C20H29N5O4/c1-19(2,3)28-17(26)21-14-7-8-15-16(9-14)25(23-22-15)12-13-10-24(11-13)18(27)29-20(4,5)6/h7-9,13H,10-12H2,1-6H3,(H,21,26). The summed E-state index contributed by atoms with van der Waals surface area (Å²) in [7, 11) is 0. The second-order valence-electron chi connectivity index (χ2n) is 9.35. The van der Waals surface area contributed by atoms with Gasteiger partial charge in [0.1, 0.15) is 16.7 Å². The number of carbonyl (C=O) groups excluding carboxylic acids is 2. The van der Waals surface area contributed by atoms with Crippen molar-refractivity contribution >= 4 is 28.9 Å². The Hall–Kier alpha value is -2.84. The van der Waals surface area contributed by atoms with Gasteiger partial charge in [-0.25, -0.2) is 14.3 Å². The lowest BCUT2D eigenvalue weighted by Crippen LogP contribution is -2.52. The maximum Gasteiger partial charge on any atom is 0.412 e. The van der Waals surface area contributed by atoms with Crippen LogP contribution in [-0.2, 0) is 16.0 Å². The maximum absolute atomic E-state index is 12.1. The number of anilines is 1. The van der Waals surface area contributed by atoms with Crippen molar-refractivity contribution in [2.45, 2.75) is 59.3 Å². The number of rotatable bonds is 3. The van der Waals surface area contributed by atoms with E-state index in [1.165, 1.54) is 0 Å². The first-order valence-electron chi connectivity index (χ1n) is 9.71. The van der Waals surface area contributed by atoms with Crippen LogP contribution in [0.4, 0.5) is 15.3 Å². The Labute approximate surface area is 170 Å². The van der Waals surface area contributed by atoms with Gasteiger partial charge in [-0.2, -0.15) is 0 Å². The first-order valence-corrected chi connectivity index (χ1v) is 9.71. The van der Waals surface area contributed by atoms with Gasteiger partial charge in [0.05, 0.1) is 5.52 Å². The van der Waals surface area contributed by atoms with Crippen molar-refractivity contribution in [1.82, 2.24) is 19.9 Å². The lowest BCUT2D eigenvalue weighted by atomic mass is 10.0. The molecule has 9 nitrogen and oxygen atoms in total. The molecular weight excluding hydrogens is 374 g/mol. The Morgan fingerprint density at radius 2 is 1.76 bits per heavy atom. The van der Waals surface area contributed by atoms with E-state index in [2.05, 4.69) is 15.6 Å².